The van der Waals surface area contributed by atoms with Crippen LogP contribution in [0.2, 0.25) is 0 Å². The topological polar surface area (TPSA) is 46.6 Å². The molecule has 0 saturated carbocycles. The summed E-state index contributed by atoms with van der Waals surface area (Å²) >= 11 is 0. The van der Waals surface area contributed by atoms with E-state index in [0.29, 0.717) is 11.3 Å². The van der Waals surface area contributed by atoms with Crippen molar-refractivity contribution < 1.29 is 27.5 Å². The molecule has 2 unspecified atom stereocenters. The van der Waals surface area contributed by atoms with Crippen LogP contribution in [0, 0.1) is 5.92 Å². The van der Waals surface area contributed by atoms with E-state index in [4.69, 9.17) is 4.74 Å². The molecular weight excluding hydrogens is 359 g/mol. The molecule has 4 nitrogen and oxygen atoms in total. The highest BCUT2D eigenvalue weighted by Crippen LogP contribution is 2.40. The molecule has 1 amide bonds. The molecule has 0 aromatic heterocycles. The van der Waals surface area contributed by atoms with Crippen molar-refractivity contribution in [3.63, 3.8) is 0 Å². The average molecular weight is 377 g/mol. The number of rotatable bonds is 5. The SMILES string of the molecule is COc1ccc(CN2C(=O)C(C(=O)C(F)(F)F)CC2c2ccccc2)cc1. The number of methoxy groups -OCH3 is 1. The lowest BCUT2D eigenvalue weighted by atomic mass is 9.96. The third-order valence-electron chi connectivity index (χ3n) is 4.71. The molecule has 0 bridgehead atoms. The summed E-state index contributed by atoms with van der Waals surface area (Å²) in [5.41, 5.74) is 1.45. The molecule has 142 valence electrons. The van der Waals surface area contributed by atoms with E-state index in [1.165, 1.54) is 12.0 Å². The summed E-state index contributed by atoms with van der Waals surface area (Å²) in [6.45, 7) is 0.115. The van der Waals surface area contributed by atoms with Crippen LogP contribution in [0.4, 0.5) is 13.2 Å². The standard InChI is InChI=1S/C20H18F3NO3/c1-27-15-9-7-13(8-10-15)12-24-17(14-5-3-2-4-6-14)11-16(19(24)26)18(25)20(21,22)23/h2-10,16-17H,11-12H2,1H3. The number of carbonyl (C=O) groups is 2. The number of likely N-dealkylation sites (tertiary alicyclic amines) is 1. The highest BCUT2D eigenvalue weighted by Gasteiger charge is 2.52. The maximum atomic E-state index is 12.9. The number of halogens is 3. The van der Waals surface area contributed by atoms with Crippen LogP contribution in [0.25, 0.3) is 0 Å². The first-order valence-corrected chi connectivity index (χ1v) is 8.40. The van der Waals surface area contributed by atoms with Crippen molar-refractivity contribution in [2.24, 2.45) is 5.92 Å². The number of hydrogen-bond acceptors (Lipinski definition) is 3. The number of nitrogens with zero attached hydrogens (tertiary/aromatic N) is 1. The van der Waals surface area contributed by atoms with E-state index in [1.54, 1.807) is 54.6 Å². The first-order valence-electron chi connectivity index (χ1n) is 8.40. The lowest BCUT2D eigenvalue weighted by Gasteiger charge is -2.25. The molecule has 3 rings (SSSR count). The second kappa shape index (κ2) is 7.42. The fourth-order valence-corrected chi connectivity index (χ4v) is 3.33. The van der Waals surface area contributed by atoms with Crippen molar-refractivity contribution in [2.75, 3.05) is 7.11 Å². The molecule has 1 heterocycles. The van der Waals surface area contributed by atoms with Crippen molar-refractivity contribution in [3.8, 4) is 5.75 Å². The number of benzene rings is 2. The molecule has 0 spiro atoms. The zero-order chi connectivity index (χ0) is 19.6. The molecule has 1 aliphatic rings. The Morgan fingerprint density at radius 2 is 1.74 bits per heavy atom. The van der Waals surface area contributed by atoms with Gasteiger partial charge in [-0.05, 0) is 29.7 Å². The summed E-state index contributed by atoms with van der Waals surface area (Å²) in [6, 6.07) is 15.1. The second-order valence-corrected chi connectivity index (χ2v) is 6.39. The minimum absolute atomic E-state index is 0.115. The molecule has 2 aromatic carbocycles. The van der Waals surface area contributed by atoms with Crippen LogP contribution >= 0.6 is 0 Å². The first kappa shape index (κ1) is 18.9. The van der Waals surface area contributed by atoms with Crippen molar-refractivity contribution in [3.05, 3.63) is 65.7 Å². The van der Waals surface area contributed by atoms with Gasteiger partial charge < -0.3 is 9.64 Å². The van der Waals surface area contributed by atoms with Crippen molar-refractivity contribution in [1.82, 2.24) is 4.90 Å². The van der Waals surface area contributed by atoms with Crippen LogP contribution < -0.4 is 4.74 Å². The normalized spacial score (nSPS) is 20.0. The molecule has 2 aromatic rings. The number of Topliss-reactive ketones (excluding diaryl/α,β-unsaturated/α-hetero) is 1. The summed E-state index contributed by atoms with van der Waals surface area (Å²) < 4.78 is 43.8. The Labute approximate surface area is 154 Å². The number of alkyl halides is 3. The molecular formula is C20H18F3NO3. The van der Waals surface area contributed by atoms with Crippen LogP contribution in [-0.4, -0.2) is 29.9 Å². The fourth-order valence-electron chi connectivity index (χ4n) is 3.33. The van der Waals surface area contributed by atoms with Gasteiger partial charge in [-0.25, -0.2) is 0 Å². The summed E-state index contributed by atoms with van der Waals surface area (Å²) in [4.78, 5) is 25.8. The zero-order valence-electron chi connectivity index (χ0n) is 14.6. The molecule has 0 aliphatic carbocycles. The number of carbonyl (C=O) groups excluding carboxylic acids is 2. The molecule has 27 heavy (non-hydrogen) atoms. The van der Waals surface area contributed by atoms with E-state index in [9.17, 15) is 22.8 Å². The van der Waals surface area contributed by atoms with Crippen molar-refractivity contribution in [1.29, 1.82) is 0 Å². The fraction of sp³-hybridized carbons (Fsp3) is 0.300. The van der Waals surface area contributed by atoms with Crippen LogP contribution in [0.3, 0.4) is 0 Å². The highest BCUT2D eigenvalue weighted by atomic mass is 19.4. The van der Waals surface area contributed by atoms with Gasteiger partial charge in [-0.2, -0.15) is 13.2 Å². The van der Waals surface area contributed by atoms with Gasteiger partial charge in [0.05, 0.1) is 13.2 Å². The lowest BCUT2D eigenvalue weighted by molar-refractivity contribution is -0.176. The van der Waals surface area contributed by atoms with E-state index in [2.05, 4.69) is 0 Å². The average Bonchev–Trinajstić information content (AvgIpc) is 2.98. The van der Waals surface area contributed by atoms with Crippen LogP contribution in [0.1, 0.15) is 23.6 Å². The Hall–Kier alpha value is -2.83. The van der Waals surface area contributed by atoms with Crippen LogP contribution in [0.5, 0.6) is 5.75 Å². The molecule has 0 N–H and O–H groups in total. The predicted molar refractivity (Wildman–Crippen MR) is 91.9 cm³/mol. The third-order valence-corrected chi connectivity index (χ3v) is 4.71. The number of hydrogen-bond donors (Lipinski definition) is 0. The van der Waals surface area contributed by atoms with Gasteiger partial charge in [0.15, 0.2) is 0 Å². The molecule has 0 radical (unpaired) electrons. The van der Waals surface area contributed by atoms with Gasteiger partial charge in [0, 0.05) is 6.54 Å². The largest absolute Gasteiger partial charge is 0.497 e. The highest BCUT2D eigenvalue weighted by molar-refractivity contribution is 6.05. The minimum Gasteiger partial charge on any atom is -0.497 e. The Bertz CT molecular complexity index is 819. The predicted octanol–water partition coefficient (Wildman–Crippen LogP) is 3.92. The van der Waals surface area contributed by atoms with Gasteiger partial charge in [-0.15, -0.1) is 0 Å². The van der Waals surface area contributed by atoms with Gasteiger partial charge in [0.25, 0.3) is 0 Å². The smallest absolute Gasteiger partial charge is 0.450 e. The molecule has 2 atom stereocenters. The van der Waals surface area contributed by atoms with Crippen LogP contribution in [0.15, 0.2) is 54.6 Å². The summed E-state index contributed by atoms with van der Waals surface area (Å²) in [5.74, 6) is -3.84. The first-order chi connectivity index (χ1) is 12.8. The van der Waals surface area contributed by atoms with E-state index in [1.807, 2.05) is 0 Å². The molecule has 1 fully saturated rings. The van der Waals surface area contributed by atoms with E-state index in [0.717, 1.165) is 5.56 Å². The zero-order valence-corrected chi connectivity index (χ0v) is 14.6. The summed E-state index contributed by atoms with van der Waals surface area (Å²) in [5, 5.41) is 0. The number of ketones is 1. The van der Waals surface area contributed by atoms with Gasteiger partial charge in [-0.1, -0.05) is 42.5 Å². The molecule has 1 saturated heterocycles. The minimum atomic E-state index is -5.03. The maximum Gasteiger partial charge on any atom is 0.450 e. The Kier molecular flexibility index (Phi) is 5.21. The number of ether oxygens (including phenoxy) is 1. The van der Waals surface area contributed by atoms with Crippen molar-refractivity contribution in [2.45, 2.75) is 25.2 Å². The summed E-state index contributed by atoms with van der Waals surface area (Å²) in [7, 11) is 1.53. The Morgan fingerprint density at radius 1 is 1.11 bits per heavy atom. The second-order valence-electron chi connectivity index (χ2n) is 6.39. The lowest BCUT2D eigenvalue weighted by Crippen LogP contribution is -2.36. The molecule has 1 aliphatic heterocycles. The van der Waals surface area contributed by atoms with Gasteiger partial charge >= 0.3 is 6.18 Å². The quantitative estimate of drug-likeness (QED) is 0.742. The van der Waals surface area contributed by atoms with Gasteiger partial charge in [-0.3, -0.25) is 9.59 Å². The van der Waals surface area contributed by atoms with E-state index >= 15 is 0 Å². The Morgan fingerprint density at radius 3 is 2.30 bits per heavy atom. The van der Waals surface area contributed by atoms with Gasteiger partial charge in [0.1, 0.15) is 11.7 Å². The van der Waals surface area contributed by atoms with Crippen LogP contribution in [-0.2, 0) is 16.1 Å². The number of amides is 1. The monoisotopic (exact) mass is 377 g/mol. The van der Waals surface area contributed by atoms with E-state index < -0.39 is 29.8 Å². The van der Waals surface area contributed by atoms with Crippen molar-refractivity contribution >= 4 is 11.7 Å². The third kappa shape index (κ3) is 3.97. The molecule has 7 heteroatoms. The van der Waals surface area contributed by atoms with Gasteiger partial charge in [0.2, 0.25) is 11.7 Å². The maximum absolute atomic E-state index is 12.9. The van der Waals surface area contributed by atoms with E-state index in [-0.39, 0.29) is 13.0 Å². The summed E-state index contributed by atoms with van der Waals surface area (Å²) in [6.07, 6.45) is -5.21. The Balaban J connectivity index is 1.91.